The number of hydrogen-bond donors (Lipinski definition) is 1. The molecule has 0 aromatic rings. The summed E-state index contributed by atoms with van der Waals surface area (Å²) < 4.78 is 0. The molecule has 8 heavy (non-hydrogen) atoms. The van der Waals surface area contributed by atoms with Crippen molar-refractivity contribution in [3.05, 3.63) is 23.3 Å². The van der Waals surface area contributed by atoms with Crippen LogP contribution in [-0.4, -0.2) is 5.71 Å². The van der Waals surface area contributed by atoms with Crippen molar-refractivity contribution in [1.29, 1.82) is 5.41 Å². The summed E-state index contributed by atoms with van der Waals surface area (Å²) in [6, 6.07) is 0. The van der Waals surface area contributed by atoms with Crippen LogP contribution < -0.4 is 0 Å². The normalized spacial score (nSPS) is 18.6. The average Bonchev–Trinajstić information content (AvgIpc) is 1.64. The first-order chi connectivity index (χ1) is 3.79. The van der Waals surface area contributed by atoms with Gasteiger partial charge in [-0.1, -0.05) is 17.7 Å². The van der Waals surface area contributed by atoms with E-state index in [0.717, 1.165) is 0 Å². The van der Waals surface area contributed by atoms with Crippen molar-refractivity contribution in [2.45, 2.75) is 6.42 Å². The molecule has 1 rings (SSSR count). The molecular weight excluding hydrogens is 122 g/mol. The lowest BCUT2D eigenvalue weighted by Gasteiger charge is -1.96. The fourth-order valence-corrected chi connectivity index (χ4v) is 0.721. The van der Waals surface area contributed by atoms with Crippen molar-refractivity contribution in [2.75, 3.05) is 0 Å². The Morgan fingerprint density at radius 3 is 2.88 bits per heavy atom. The van der Waals surface area contributed by atoms with Crippen LogP contribution in [0.3, 0.4) is 0 Å². The van der Waals surface area contributed by atoms with E-state index in [1.807, 2.05) is 0 Å². The van der Waals surface area contributed by atoms with Gasteiger partial charge in [-0.25, -0.2) is 0 Å². The molecule has 0 saturated carbocycles. The summed E-state index contributed by atoms with van der Waals surface area (Å²) in [4.78, 5) is 0. The van der Waals surface area contributed by atoms with E-state index in [2.05, 4.69) is 6.08 Å². The van der Waals surface area contributed by atoms with Gasteiger partial charge in [0, 0.05) is 17.2 Å². The number of rotatable bonds is 0. The summed E-state index contributed by atoms with van der Waals surface area (Å²) >= 11 is 5.49. The van der Waals surface area contributed by atoms with Crippen LogP contribution in [0, 0.1) is 11.5 Å². The Labute approximate surface area is 53.2 Å². The van der Waals surface area contributed by atoms with Gasteiger partial charge in [-0.15, -0.1) is 0 Å². The molecular formula is C6H5ClN. The van der Waals surface area contributed by atoms with Crippen LogP contribution in [0.5, 0.6) is 0 Å². The quantitative estimate of drug-likeness (QED) is 0.513. The molecule has 1 nitrogen and oxygen atoms in total. The third kappa shape index (κ3) is 1.20. The number of hydrogen-bond acceptors (Lipinski definition) is 1. The summed E-state index contributed by atoms with van der Waals surface area (Å²) in [5.41, 5.74) is 0.550. The van der Waals surface area contributed by atoms with Crippen molar-refractivity contribution in [3.63, 3.8) is 0 Å². The third-order valence-corrected chi connectivity index (χ3v) is 1.08. The Kier molecular flexibility index (Phi) is 1.49. The number of nitrogens with one attached hydrogen (secondary N) is 1. The largest absolute Gasteiger partial charge is 0.305 e. The van der Waals surface area contributed by atoms with Crippen molar-refractivity contribution in [1.82, 2.24) is 0 Å². The topological polar surface area (TPSA) is 23.9 Å². The zero-order chi connectivity index (χ0) is 5.98. The second-order valence-corrected chi connectivity index (χ2v) is 1.98. The summed E-state index contributed by atoms with van der Waals surface area (Å²) in [5.74, 6) is 0. The van der Waals surface area contributed by atoms with E-state index in [0.29, 0.717) is 17.2 Å². The highest BCUT2D eigenvalue weighted by Gasteiger charge is 1.96. The highest BCUT2D eigenvalue weighted by atomic mass is 35.5. The number of halogens is 1. The minimum Gasteiger partial charge on any atom is -0.305 e. The molecule has 0 aliphatic heterocycles. The Bertz CT molecular complexity index is 167. The fraction of sp³-hybridized carbons (Fsp3) is 0.167. The second-order valence-electron chi connectivity index (χ2n) is 1.57. The monoisotopic (exact) mass is 126 g/mol. The van der Waals surface area contributed by atoms with Crippen molar-refractivity contribution in [2.24, 2.45) is 0 Å². The maximum absolute atomic E-state index is 7.09. The molecule has 2 heteroatoms. The smallest absolute Gasteiger partial charge is 0.0499 e. The molecule has 0 bridgehead atoms. The fourth-order valence-electron chi connectivity index (χ4n) is 0.512. The predicted octanol–water partition coefficient (Wildman–Crippen LogP) is 1.89. The Morgan fingerprint density at radius 1 is 1.75 bits per heavy atom. The number of allylic oxidation sites excluding steroid dienone is 4. The first kappa shape index (κ1) is 5.57. The Balaban J connectivity index is 2.77. The molecule has 1 aliphatic rings. The highest BCUT2D eigenvalue weighted by molar-refractivity contribution is 6.32. The van der Waals surface area contributed by atoms with Gasteiger partial charge in [0.15, 0.2) is 0 Å². The molecule has 0 amide bonds. The third-order valence-electron chi connectivity index (χ3n) is 0.863. The van der Waals surface area contributed by atoms with Gasteiger partial charge in [-0.3, -0.25) is 0 Å². The van der Waals surface area contributed by atoms with Gasteiger partial charge in [-0.05, 0) is 12.2 Å². The van der Waals surface area contributed by atoms with Gasteiger partial charge < -0.3 is 5.41 Å². The van der Waals surface area contributed by atoms with Gasteiger partial charge in [0.25, 0.3) is 0 Å². The molecule has 1 radical (unpaired) electrons. The van der Waals surface area contributed by atoms with E-state index in [1.54, 1.807) is 12.2 Å². The first-order valence-corrected chi connectivity index (χ1v) is 2.69. The van der Waals surface area contributed by atoms with Crippen LogP contribution in [0.15, 0.2) is 17.2 Å². The van der Waals surface area contributed by atoms with E-state index in [1.165, 1.54) is 0 Å². The van der Waals surface area contributed by atoms with E-state index in [-0.39, 0.29) is 0 Å². The van der Waals surface area contributed by atoms with Gasteiger partial charge in [0.1, 0.15) is 0 Å². The van der Waals surface area contributed by atoms with Crippen LogP contribution in [0.4, 0.5) is 0 Å². The van der Waals surface area contributed by atoms with Crippen molar-refractivity contribution < 1.29 is 0 Å². The van der Waals surface area contributed by atoms with Crippen LogP contribution >= 0.6 is 11.6 Å². The molecule has 0 aromatic heterocycles. The first-order valence-electron chi connectivity index (χ1n) is 2.32. The Morgan fingerprint density at radius 2 is 2.50 bits per heavy atom. The molecule has 0 aromatic carbocycles. The predicted molar refractivity (Wildman–Crippen MR) is 34.1 cm³/mol. The van der Waals surface area contributed by atoms with E-state index in [4.69, 9.17) is 17.0 Å². The summed E-state index contributed by atoms with van der Waals surface area (Å²) in [6.07, 6.45) is 6.79. The molecule has 1 aliphatic carbocycles. The SMILES string of the molecule is N=C1C=C(Cl)[C]=CC1. The molecule has 0 fully saturated rings. The van der Waals surface area contributed by atoms with Gasteiger partial charge in [0.05, 0.1) is 0 Å². The molecule has 0 heterocycles. The minimum atomic E-state index is 0.529. The minimum absolute atomic E-state index is 0.529. The standard InChI is InChI=1S/C6H5ClN/c7-5-2-1-3-6(8)4-5/h1,4,8H,3H2. The molecule has 0 saturated heterocycles. The molecule has 41 valence electrons. The maximum atomic E-state index is 7.09. The van der Waals surface area contributed by atoms with Gasteiger partial charge in [-0.2, -0.15) is 0 Å². The lowest BCUT2D eigenvalue weighted by atomic mass is 10.2. The van der Waals surface area contributed by atoms with Gasteiger partial charge >= 0.3 is 0 Å². The summed E-state index contributed by atoms with van der Waals surface area (Å²) in [7, 11) is 0. The summed E-state index contributed by atoms with van der Waals surface area (Å²) in [6.45, 7) is 0. The lowest BCUT2D eigenvalue weighted by molar-refractivity contribution is 1.35. The van der Waals surface area contributed by atoms with Gasteiger partial charge in [0.2, 0.25) is 0 Å². The van der Waals surface area contributed by atoms with Crippen molar-refractivity contribution in [3.8, 4) is 0 Å². The van der Waals surface area contributed by atoms with Crippen LogP contribution in [0.1, 0.15) is 6.42 Å². The average molecular weight is 127 g/mol. The zero-order valence-corrected chi connectivity index (χ0v) is 5.00. The maximum Gasteiger partial charge on any atom is 0.0499 e. The van der Waals surface area contributed by atoms with E-state index >= 15 is 0 Å². The molecule has 0 atom stereocenters. The molecule has 1 N–H and O–H groups in total. The van der Waals surface area contributed by atoms with Crippen LogP contribution in [0.25, 0.3) is 0 Å². The van der Waals surface area contributed by atoms with Crippen LogP contribution in [-0.2, 0) is 0 Å². The van der Waals surface area contributed by atoms with E-state index < -0.39 is 0 Å². The molecule has 0 unspecified atom stereocenters. The summed E-state index contributed by atoms with van der Waals surface area (Å²) in [5, 5.41) is 7.62. The second kappa shape index (κ2) is 2.14. The molecule has 0 spiro atoms. The zero-order valence-electron chi connectivity index (χ0n) is 4.24. The van der Waals surface area contributed by atoms with Crippen molar-refractivity contribution >= 4 is 17.3 Å². The highest BCUT2D eigenvalue weighted by Crippen LogP contribution is 2.08. The van der Waals surface area contributed by atoms with Crippen LogP contribution in [0.2, 0.25) is 0 Å². The lowest BCUT2D eigenvalue weighted by Crippen LogP contribution is -1.92. The Hall–Kier alpha value is -0.560. The van der Waals surface area contributed by atoms with E-state index in [9.17, 15) is 0 Å².